The van der Waals surface area contributed by atoms with Gasteiger partial charge in [0.15, 0.2) is 0 Å². The Morgan fingerprint density at radius 1 is 1.13 bits per heavy atom. The molecule has 0 radical (unpaired) electrons. The van der Waals surface area contributed by atoms with Crippen molar-refractivity contribution in [1.29, 1.82) is 0 Å². The monoisotopic (exact) mass is 214 g/mol. The summed E-state index contributed by atoms with van der Waals surface area (Å²) in [6.45, 7) is 9.31. The van der Waals surface area contributed by atoms with Crippen LogP contribution < -0.4 is 24.1 Å². The predicted octanol–water partition coefficient (Wildman–Crippen LogP) is 1.29. The van der Waals surface area contributed by atoms with Crippen LogP contribution in [0.3, 0.4) is 0 Å². The van der Waals surface area contributed by atoms with E-state index in [1.807, 2.05) is 0 Å². The maximum absolute atomic E-state index is 2.35. The molecule has 0 spiro atoms. The minimum atomic E-state index is -0.244. The topological polar surface area (TPSA) is 0 Å². The first kappa shape index (κ1) is 15.3. The maximum atomic E-state index is 2.35. The standard InChI is InChI=1S/C12H21BP.Li/c1-5-13(6-2,7-3)12-11(4)9-8-10-14-12;/h8-10H,5-7H2,1-4H3;/q-1;+1. The minimum absolute atomic E-state index is 0. The van der Waals surface area contributed by atoms with Gasteiger partial charge in [-0.25, -0.2) is 0 Å². The molecule has 1 heterocycles. The van der Waals surface area contributed by atoms with E-state index in [4.69, 9.17) is 0 Å². The third-order valence-corrected chi connectivity index (χ3v) is 5.47. The van der Waals surface area contributed by atoms with Crippen LogP contribution in [-0.4, -0.2) is 6.15 Å². The van der Waals surface area contributed by atoms with Gasteiger partial charge in [0.2, 0.25) is 0 Å². The Bertz CT molecular complexity index is 289. The second-order valence-electron chi connectivity index (χ2n) is 4.41. The molecular formula is C12H21BLiP. The molecule has 0 nitrogen and oxygen atoms in total. The first-order chi connectivity index (χ1) is 6.70. The molecule has 15 heavy (non-hydrogen) atoms. The van der Waals surface area contributed by atoms with E-state index in [-0.39, 0.29) is 25.0 Å². The van der Waals surface area contributed by atoms with Crippen LogP contribution in [0.4, 0.5) is 0 Å². The smallest absolute Gasteiger partial charge is 0.180 e. The zero-order valence-corrected chi connectivity index (χ0v) is 11.8. The SMILES string of the molecule is CC[B-](CC)(CC)c1pcccc1C.[Li+]. The first-order valence-electron chi connectivity index (χ1n) is 5.82. The summed E-state index contributed by atoms with van der Waals surface area (Å²) < 4.78 is 0. The molecule has 0 atom stereocenters. The molecule has 0 aliphatic heterocycles. The van der Waals surface area contributed by atoms with Crippen molar-refractivity contribution < 1.29 is 18.9 Å². The predicted molar refractivity (Wildman–Crippen MR) is 70.5 cm³/mol. The van der Waals surface area contributed by atoms with E-state index in [0.717, 1.165) is 0 Å². The molecule has 1 rings (SSSR count). The molecular weight excluding hydrogens is 193 g/mol. The van der Waals surface area contributed by atoms with Gasteiger partial charge in [-0.1, -0.05) is 38.5 Å². The molecule has 0 fully saturated rings. The van der Waals surface area contributed by atoms with Crippen LogP contribution in [0.2, 0.25) is 19.0 Å². The Balaban J connectivity index is 0.00000196. The van der Waals surface area contributed by atoms with Gasteiger partial charge in [-0.3, -0.25) is 0 Å². The quantitative estimate of drug-likeness (QED) is 0.662. The van der Waals surface area contributed by atoms with Crippen molar-refractivity contribution in [2.24, 2.45) is 0 Å². The van der Waals surface area contributed by atoms with Gasteiger partial charge < -0.3 is 0 Å². The third-order valence-electron chi connectivity index (χ3n) is 3.97. The molecule has 0 saturated heterocycles. The van der Waals surface area contributed by atoms with Crippen molar-refractivity contribution in [1.82, 2.24) is 0 Å². The molecule has 1 aromatic heterocycles. The van der Waals surface area contributed by atoms with Gasteiger partial charge in [-0.15, -0.1) is 8.19 Å². The second-order valence-corrected chi connectivity index (χ2v) is 5.45. The molecule has 0 aliphatic rings. The van der Waals surface area contributed by atoms with E-state index in [9.17, 15) is 0 Å². The summed E-state index contributed by atoms with van der Waals surface area (Å²) >= 11 is 0. The van der Waals surface area contributed by atoms with Gasteiger partial charge >= 0.3 is 18.9 Å². The zero-order valence-electron chi connectivity index (χ0n) is 10.9. The maximum Gasteiger partial charge on any atom is 1.00 e. The summed E-state index contributed by atoms with van der Waals surface area (Å²) in [5.41, 5.74) is 1.51. The van der Waals surface area contributed by atoms with Crippen LogP contribution in [0.1, 0.15) is 26.3 Å². The summed E-state index contributed by atoms with van der Waals surface area (Å²) in [6.07, 6.45) is 3.74. The van der Waals surface area contributed by atoms with Crippen molar-refractivity contribution in [2.45, 2.75) is 46.7 Å². The van der Waals surface area contributed by atoms with Gasteiger partial charge in [-0.2, -0.15) is 24.2 Å². The van der Waals surface area contributed by atoms with Crippen molar-refractivity contribution in [3.63, 3.8) is 0 Å². The van der Waals surface area contributed by atoms with E-state index in [1.54, 1.807) is 5.19 Å². The van der Waals surface area contributed by atoms with Gasteiger partial charge in [-0.05, 0) is 12.7 Å². The fourth-order valence-corrected chi connectivity index (χ4v) is 4.06. The van der Waals surface area contributed by atoms with Crippen molar-refractivity contribution in [3.8, 4) is 0 Å². The molecule has 0 unspecified atom stereocenters. The molecule has 0 N–H and O–H groups in total. The largest absolute Gasteiger partial charge is 1.00 e. The first-order valence-corrected chi connectivity index (χ1v) is 6.79. The van der Waals surface area contributed by atoms with Gasteiger partial charge in [0.05, 0.1) is 0 Å². The molecule has 78 valence electrons. The second kappa shape index (κ2) is 6.80. The summed E-state index contributed by atoms with van der Waals surface area (Å²) in [4.78, 5) is 0. The normalized spacial score (nSPS) is 11.5. The number of hydrogen-bond acceptors (Lipinski definition) is 0. The van der Waals surface area contributed by atoms with Crippen LogP contribution in [0.25, 0.3) is 0 Å². The minimum Gasteiger partial charge on any atom is -0.180 e. The van der Waals surface area contributed by atoms with Crippen LogP contribution in [0.5, 0.6) is 0 Å². The Morgan fingerprint density at radius 3 is 2.07 bits per heavy atom. The Labute approximate surface area is 108 Å². The summed E-state index contributed by atoms with van der Waals surface area (Å²) in [6, 6.07) is 4.45. The molecule has 0 aromatic carbocycles. The molecule has 0 amide bonds. The molecule has 0 saturated carbocycles. The van der Waals surface area contributed by atoms with Gasteiger partial charge in [0.1, 0.15) is 0 Å². The van der Waals surface area contributed by atoms with Crippen LogP contribution in [0, 0.1) is 6.92 Å². The Morgan fingerprint density at radius 2 is 1.67 bits per heavy atom. The Hall–Kier alpha value is 0.312. The fraction of sp³-hybridized carbons (Fsp3) is 0.583. The van der Waals surface area contributed by atoms with E-state index in [1.165, 1.54) is 32.7 Å². The molecule has 0 aliphatic carbocycles. The van der Waals surface area contributed by atoms with Crippen LogP contribution in [0.15, 0.2) is 17.9 Å². The van der Waals surface area contributed by atoms with Gasteiger partial charge in [0.25, 0.3) is 0 Å². The van der Waals surface area contributed by atoms with E-state index < -0.39 is 0 Å². The van der Waals surface area contributed by atoms with E-state index in [0.29, 0.717) is 0 Å². The molecule has 0 bridgehead atoms. The summed E-state index contributed by atoms with van der Waals surface area (Å²) in [5, 5.41) is 1.71. The third kappa shape index (κ3) is 3.13. The number of aryl methyl sites for hydroxylation is 1. The van der Waals surface area contributed by atoms with Crippen LogP contribution >= 0.6 is 8.19 Å². The molecule has 3 heteroatoms. The van der Waals surface area contributed by atoms with E-state index in [2.05, 4.69) is 45.6 Å². The fourth-order valence-electron chi connectivity index (χ4n) is 2.59. The average molecular weight is 214 g/mol. The summed E-state index contributed by atoms with van der Waals surface area (Å²) in [7, 11) is 1.44. The van der Waals surface area contributed by atoms with Crippen molar-refractivity contribution in [3.05, 3.63) is 23.5 Å². The van der Waals surface area contributed by atoms with Crippen LogP contribution in [-0.2, 0) is 0 Å². The average Bonchev–Trinajstić information content (AvgIpc) is 2.24. The van der Waals surface area contributed by atoms with Gasteiger partial charge in [0, 0.05) is 6.15 Å². The Kier molecular flexibility index (Phi) is 6.94. The zero-order chi connectivity index (χ0) is 10.6. The van der Waals surface area contributed by atoms with Crippen molar-refractivity contribution >= 4 is 19.5 Å². The molecule has 1 aromatic rings. The summed E-state index contributed by atoms with van der Waals surface area (Å²) in [5.74, 6) is 2.28. The van der Waals surface area contributed by atoms with Crippen molar-refractivity contribution in [2.75, 3.05) is 0 Å². The number of hydrogen-bond donors (Lipinski definition) is 0. The van der Waals surface area contributed by atoms with E-state index >= 15 is 0 Å². The number of rotatable bonds is 4.